The van der Waals surface area contributed by atoms with Gasteiger partial charge in [-0.15, -0.1) is 0 Å². The molecule has 3 saturated heterocycles. The van der Waals surface area contributed by atoms with E-state index in [4.69, 9.17) is 23.7 Å². The first-order chi connectivity index (χ1) is 17.4. The number of carbonyl (C=O) groups is 1. The van der Waals surface area contributed by atoms with Crippen molar-refractivity contribution in [3.05, 3.63) is 0 Å². The quantitative estimate of drug-likeness (QED) is 0.135. The van der Waals surface area contributed by atoms with E-state index < -0.39 is 118 Å². The Morgan fingerprint density at radius 2 is 1.24 bits per heavy atom. The maximum atomic E-state index is 11.9. The number of amides is 1. The van der Waals surface area contributed by atoms with Gasteiger partial charge in [-0.2, -0.15) is 0 Å². The molecule has 0 radical (unpaired) electrons. The monoisotopic (exact) mass is 545 g/mol. The lowest BCUT2D eigenvalue weighted by molar-refractivity contribution is -0.349. The highest BCUT2D eigenvalue weighted by atomic mass is 16.7. The predicted octanol–water partition coefficient (Wildman–Crippen LogP) is -7.43. The third kappa shape index (κ3) is 6.55. The average molecular weight is 545 g/mol. The first-order valence-electron chi connectivity index (χ1n) is 11.6. The number of hydrogen-bond acceptors (Lipinski definition) is 16. The van der Waals surface area contributed by atoms with Crippen molar-refractivity contribution in [3.63, 3.8) is 0 Å². The van der Waals surface area contributed by atoms with Crippen LogP contribution in [0.2, 0.25) is 0 Å². The number of aliphatic hydroxyl groups excluding tert-OH is 10. The summed E-state index contributed by atoms with van der Waals surface area (Å²) in [4.78, 5) is 11.9. The third-order valence-corrected chi connectivity index (χ3v) is 6.48. The van der Waals surface area contributed by atoms with Gasteiger partial charge in [-0.1, -0.05) is 0 Å². The molecule has 3 rings (SSSR count). The van der Waals surface area contributed by atoms with Crippen molar-refractivity contribution in [1.82, 2.24) is 5.32 Å². The number of aliphatic hydroxyl groups is 10. The second-order valence-electron chi connectivity index (χ2n) is 9.11. The van der Waals surface area contributed by atoms with Gasteiger partial charge in [0.15, 0.2) is 18.9 Å². The zero-order chi connectivity index (χ0) is 27.6. The number of rotatable bonds is 8. The lowest BCUT2D eigenvalue weighted by atomic mass is 9.95. The van der Waals surface area contributed by atoms with Crippen molar-refractivity contribution in [2.24, 2.45) is 0 Å². The largest absolute Gasteiger partial charge is 0.394 e. The molecule has 3 aliphatic rings. The molecule has 0 aromatic rings. The van der Waals surface area contributed by atoms with Crippen LogP contribution >= 0.6 is 0 Å². The third-order valence-electron chi connectivity index (χ3n) is 6.48. The van der Waals surface area contributed by atoms with Crippen LogP contribution in [0.1, 0.15) is 6.92 Å². The molecular formula is C20H35NO16. The summed E-state index contributed by atoms with van der Waals surface area (Å²) >= 11 is 0. The molecule has 0 unspecified atom stereocenters. The highest BCUT2D eigenvalue weighted by Crippen LogP contribution is 2.30. The SMILES string of the molecule is CC(=O)N[C@H]1[C@H](OC[C@H]2O[C@H](O)[C@@H](O)[C@@H](O)[C@@H]2O)O[C@H](CO)[C@@H](O)[C@@H]1O[C@@H]1O[C@H](CO)[C@H](O)[C@H](O)[C@H]1O. The van der Waals surface area contributed by atoms with Gasteiger partial charge in [0.1, 0.15) is 73.2 Å². The Kier molecular flexibility index (Phi) is 10.5. The van der Waals surface area contributed by atoms with Gasteiger partial charge in [0.2, 0.25) is 5.91 Å². The number of carbonyl (C=O) groups excluding carboxylic acids is 1. The fourth-order valence-electron chi connectivity index (χ4n) is 4.35. The second kappa shape index (κ2) is 12.8. The number of ether oxygens (including phenoxy) is 5. The fraction of sp³-hybridized carbons (Fsp3) is 0.950. The maximum absolute atomic E-state index is 11.9. The smallest absolute Gasteiger partial charge is 0.217 e. The maximum Gasteiger partial charge on any atom is 0.217 e. The molecule has 17 heteroatoms. The van der Waals surface area contributed by atoms with E-state index >= 15 is 0 Å². The van der Waals surface area contributed by atoms with E-state index in [9.17, 15) is 55.9 Å². The summed E-state index contributed by atoms with van der Waals surface area (Å²) in [5, 5.41) is 102. The molecule has 216 valence electrons. The van der Waals surface area contributed by atoms with Crippen LogP contribution in [0.3, 0.4) is 0 Å². The lowest BCUT2D eigenvalue weighted by Gasteiger charge is -2.47. The second-order valence-corrected chi connectivity index (χ2v) is 9.11. The Hall–Kier alpha value is -1.13. The summed E-state index contributed by atoms with van der Waals surface area (Å²) in [6.07, 6.45) is -22.9. The van der Waals surface area contributed by atoms with Crippen LogP contribution in [-0.4, -0.2) is 169 Å². The minimum Gasteiger partial charge on any atom is -0.394 e. The van der Waals surface area contributed by atoms with E-state index in [1.54, 1.807) is 0 Å². The number of nitrogens with one attached hydrogen (secondary N) is 1. The van der Waals surface area contributed by atoms with Gasteiger partial charge in [-0.3, -0.25) is 4.79 Å². The van der Waals surface area contributed by atoms with Crippen molar-refractivity contribution >= 4 is 5.91 Å². The Morgan fingerprint density at radius 3 is 1.84 bits per heavy atom. The molecular weight excluding hydrogens is 510 g/mol. The molecule has 0 bridgehead atoms. The van der Waals surface area contributed by atoms with Gasteiger partial charge in [0.05, 0.1) is 19.8 Å². The summed E-state index contributed by atoms with van der Waals surface area (Å²) in [5.41, 5.74) is 0. The van der Waals surface area contributed by atoms with Crippen LogP contribution in [0.4, 0.5) is 0 Å². The van der Waals surface area contributed by atoms with Gasteiger partial charge in [-0.25, -0.2) is 0 Å². The molecule has 3 heterocycles. The summed E-state index contributed by atoms with van der Waals surface area (Å²) in [5.74, 6) is -0.651. The van der Waals surface area contributed by atoms with Gasteiger partial charge in [0.25, 0.3) is 0 Å². The Bertz CT molecular complexity index is 745. The predicted molar refractivity (Wildman–Crippen MR) is 113 cm³/mol. The van der Waals surface area contributed by atoms with Crippen LogP contribution in [0, 0.1) is 0 Å². The molecule has 17 nitrogen and oxygen atoms in total. The minimum atomic E-state index is -1.85. The van der Waals surface area contributed by atoms with Crippen LogP contribution < -0.4 is 5.32 Å². The summed E-state index contributed by atoms with van der Waals surface area (Å²) in [7, 11) is 0. The average Bonchev–Trinajstić information content (AvgIpc) is 2.86. The van der Waals surface area contributed by atoms with E-state index in [1.165, 1.54) is 0 Å². The molecule has 15 atom stereocenters. The lowest BCUT2D eigenvalue weighted by Crippen LogP contribution is -2.68. The molecule has 37 heavy (non-hydrogen) atoms. The van der Waals surface area contributed by atoms with Crippen molar-refractivity contribution < 1.29 is 79.5 Å². The van der Waals surface area contributed by atoms with Gasteiger partial charge in [-0.05, 0) is 0 Å². The van der Waals surface area contributed by atoms with Crippen molar-refractivity contribution in [1.29, 1.82) is 0 Å². The summed E-state index contributed by atoms with van der Waals surface area (Å²) in [6.45, 7) is -0.982. The number of hydrogen-bond donors (Lipinski definition) is 11. The highest BCUT2D eigenvalue weighted by Gasteiger charge is 2.52. The topological polar surface area (TPSA) is 278 Å². The van der Waals surface area contributed by atoms with Crippen LogP contribution in [0.15, 0.2) is 0 Å². The Labute approximate surface area is 210 Å². The van der Waals surface area contributed by atoms with Crippen LogP contribution in [-0.2, 0) is 28.5 Å². The zero-order valence-corrected chi connectivity index (χ0v) is 19.7. The van der Waals surface area contributed by atoms with E-state index in [0.717, 1.165) is 6.92 Å². The highest BCUT2D eigenvalue weighted by molar-refractivity contribution is 5.73. The first kappa shape index (κ1) is 30.4. The first-order valence-corrected chi connectivity index (χ1v) is 11.6. The fourth-order valence-corrected chi connectivity index (χ4v) is 4.35. The normalized spacial score (nSPS) is 49.0. The zero-order valence-electron chi connectivity index (χ0n) is 19.7. The Morgan fingerprint density at radius 1 is 0.703 bits per heavy atom. The molecule has 11 N–H and O–H groups in total. The van der Waals surface area contributed by atoms with Gasteiger partial charge in [0, 0.05) is 6.92 Å². The molecule has 3 aliphatic heterocycles. The van der Waals surface area contributed by atoms with E-state index in [0.29, 0.717) is 0 Å². The minimum absolute atomic E-state index is 0.580. The summed E-state index contributed by atoms with van der Waals surface area (Å²) in [6, 6.07) is -1.37. The molecule has 0 spiro atoms. The van der Waals surface area contributed by atoms with Crippen molar-refractivity contribution in [2.45, 2.75) is 99.0 Å². The molecule has 0 aliphatic carbocycles. The van der Waals surface area contributed by atoms with E-state index in [2.05, 4.69) is 5.32 Å². The van der Waals surface area contributed by atoms with Crippen molar-refractivity contribution in [2.75, 3.05) is 19.8 Å². The van der Waals surface area contributed by atoms with Gasteiger partial charge >= 0.3 is 0 Å². The van der Waals surface area contributed by atoms with Crippen molar-refractivity contribution in [3.8, 4) is 0 Å². The molecule has 0 saturated carbocycles. The molecule has 3 fully saturated rings. The van der Waals surface area contributed by atoms with Crippen LogP contribution in [0.25, 0.3) is 0 Å². The van der Waals surface area contributed by atoms with E-state index in [1.807, 2.05) is 0 Å². The Balaban J connectivity index is 1.80. The molecule has 0 aromatic carbocycles. The van der Waals surface area contributed by atoms with E-state index in [-0.39, 0.29) is 0 Å². The molecule has 1 amide bonds. The molecule has 0 aromatic heterocycles. The standard InChI is InChI=1S/C20H35NO16/c1-5(24)21-9-17(37-20-16(31)14(29)10(25)6(2-22)36-20)12(27)7(3-23)35-19(9)33-4-8-11(26)13(28)15(30)18(32)34-8/h6-20,22-23,25-32H,2-4H2,1H3,(H,21,24)/t6-,7-,8-,9-,10+,11-,12-,13+,14+,15+,16-,17-,18+,19-,20+/m1/s1. The van der Waals surface area contributed by atoms with Gasteiger partial charge < -0.3 is 80.1 Å². The summed E-state index contributed by atoms with van der Waals surface area (Å²) < 4.78 is 27.1. The van der Waals surface area contributed by atoms with Crippen LogP contribution in [0.5, 0.6) is 0 Å².